The van der Waals surface area contributed by atoms with Crippen LogP contribution in [-0.2, 0) is 11.2 Å². The number of rotatable bonds is 6. The molecule has 1 rings (SSSR count). The summed E-state index contributed by atoms with van der Waals surface area (Å²) >= 11 is 0. The second kappa shape index (κ2) is 7.92. The van der Waals surface area contributed by atoms with E-state index in [1.807, 2.05) is 19.9 Å². The van der Waals surface area contributed by atoms with Gasteiger partial charge in [0.2, 0.25) is 0 Å². The molecule has 1 aromatic carbocycles. The van der Waals surface area contributed by atoms with Crippen LogP contribution in [0.2, 0.25) is 0 Å². The third-order valence-electron chi connectivity index (χ3n) is 2.38. The molecule has 18 heavy (non-hydrogen) atoms. The van der Waals surface area contributed by atoms with E-state index < -0.39 is 5.54 Å². The van der Waals surface area contributed by atoms with Crippen molar-refractivity contribution < 1.29 is 4.74 Å². The van der Waals surface area contributed by atoms with Crippen LogP contribution in [0.1, 0.15) is 32.3 Å². The predicted molar refractivity (Wildman–Crippen MR) is 76.2 cm³/mol. The van der Waals surface area contributed by atoms with Crippen LogP contribution in [0.15, 0.2) is 30.3 Å². The van der Waals surface area contributed by atoms with Gasteiger partial charge >= 0.3 is 0 Å². The molecule has 0 aliphatic carbocycles. The lowest BCUT2D eigenvalue weighted by molar-refractivity contribution is 0.137. The van der Waals surface area contributed by atoms with Crippen molar-refractivity contribution in [2.45, 2.75) is 38.6 Å². The van der Waals surface area contributed by atoms with Crippen molar-refractivity contribution in [2.75, 3.05) is 13.2 Å². The molecule has 0 aliphatic heterocycles. The minimum Gasteiger partial charge on any atom is -0.380 e. The van der Waals surface area contributed by atoms with Gasteiger partial charge in [0.05, 0.1) is 12.1 Å². The summed E-state index contributed by atoms with van der Waals surface area (Å²) in [6, 6.07) is 10.5. The summed E-state index contributed by atoms with van der Waals surface area (Å²) in [5, 5.41) is 0. The van der Waals surface area contributed by atoms with Crippen LogP contribution in [0.5, 0.6) is 0 Å². The molecule has 0 atom stereocenters. The minimum absolute atomic E-state index is 0.396. The maximum Gasteiger partial charge on any atom is 0.0719 e. The Morgan fingerprint density at radius 1 is 1.17 bits per heavy atom. The number of hydrogen-bond donors (Lipinski definition) is 1. The highest BCUT2D eigenvalue weighted by atomic mass is 16.5. The van der Waals surface area contributed by atoms with Crippen molar-refractivity contribution in [1.29, 1.82) is 0 Å². The van der Waals surface area contributed by atoms with Gasteiger partial charge in [0.1, 0.15) is 0 Å². The average molecular weight is 245 g/mol. The van der Waals surface area contributed by atoms with E-state index in [4.69, 9.17) is 10.5 Å². The predicted octanol–water partition coefficient (Wildman–Crippen LogP) is 2.77. The lowest BCUT2D eigenvalue weighted by Crippen LogP contribution is -2.29. The Hall–Kier alpha value is -1.30. The van der Waals surface area contributed by atoms with Gasteiger partial charge in [-0.2, -0.15) is 0 Å². The summed E-state index contributed by atoms with van der Waals surface area (Å²) in [5.74, 6) is 6.02. The molecule has 2 N–H and O–H groups in total. The third-order valence-corrected chi connectivity index (χ3v) is 2.38. The summed E-state index contributed by atoms with van der Waals surface area (Å²) in [7, 11) is 0. The smallest absolute Gasteiger partial charge is 0.0719 e. The Bertz CT molecular complexity index is 381. The monoisotopic (exact) mass is 245 g/mol. The summed E-state index contributed by atoms with van der Waals surface area (Å²) in [6.07, 6.45) is 2.88. The molecular formula is C16H23NO. The highest BCUT2D eigenvalue weighted by Crippen LogP contribution is 2.02. The number of nitrogens with two attached hydrogens (primary N) is 1. The van der Waals surface area contributed by atoms with Crippen LogP contribution in [0, 0.1) is 11.8 Å². The molecule has 0 radical (unpaired) electrons. The fraction of sp³-hybridized carbons (Fsp3) is 0.500. The minimum atomic E-state index is -0.396. The summed E-state index contributed by atoms with van der Waals surface area (Å²) < 4.78 is 5.53. The zero-order valence-corrected chi connectivity index (χ0v) is 11.4. The maximum absolute atomic E-state index is 5.75. The molecule has 2 heteroatoms. The first-order chi connectivity index (χ1) is 8.58. The lowest BCUT2D eigenvalue weighted by atomic mass is 10.1. The molecule has 0 fully saturated rings. The van der Waals surface area contributed by atoms with E-state index in [9.17, 15) is 0 Å². The zero-order chi connectivity index (χ0) is 13.3. The van der Waals surface area contributed by atoms with E-state index in [0.717, 1.165) is 25.9 Å². The van der Waals surface area contributed by atoms with Gasteiger partial charge in [0.15, 0.2) is 0 Å². The normalized spacial score (nSPS) is 10.8. The highest BCUT2D eigenvalue weighted by Gasteiger charge is 2.02. The Labute approximate surface area is 111 Å². The fourth-order valence-corrected chi connectivity index (χ4v) is 1.54. The Kier molecular flexibility index (Phi) is 6.49. The van der Waals surface area contributed by atoms with E-state index in [1.54, 1.807) is 0 Å². The van der Waals surface area contributed by atoms with Gasteiger partial charge < -0.3 is 10.5 Å². The third kappa shape index (κ3) is 7.89. The van der Waals surface area contributed by atoms with Gasteiger partial charge in [-0.25, -0.2) is 0 Å². The molecule has 2 nitrogen and oxygen atoms in total. The molecule has 0 unspecified atom stereocenters. The van der Waals surface area contributed by atoms with E-state index in [1.165, 1.54) is 5.56 Å². The van der Waals surface area contributed by atoms with Crippen molar-refractivity contribution in [2.24, 2.45) is 5.73 Å². The van der Waals surface area contributed by atoms with Crippen molar-refractivity contribution in [3.63, 3.8) is 0 Å². The second-order valence-corrected chi connectivity index (χ2v) is 4.97. The SMILES string of the molecule is CC(C)(N)C#CCCOCCCc1ccccc1. The molecule has 0 amide bonds. The van der Waals surface area contributed by atoms with E-state index in [2.05, 4.69) is 36.1 Å². The van der Waals surface area contributed by atoms with E-state index >= 15 is 0 Å². The average Bonchev–Trinajstić information content (AvgIpc) is 2.32. The molecule has 0 aromatic heterocycles. The van der Waals surface area contributed by atoms with Crippen LogP contribution in [-0.4, -0.2) is 18.8 Å². The summed E-state index contributed by atoms with van der Waals surface area (Å²) in [5.41, 5.74) is 6.72. The largest absolute Gasteiger partial charge is 0.380 e. The zero-order valence-electron chi connectivity index (χ0n) is 11.4. The molecule has 0 bridgehead atoms. The maximum atomic E-state index is 5.75. The van der Waals surface area contributed by atoms with Crippen LogP contribution in [0.3, 0.4) is 0 Å². The van der Waals surface area contributed by atoms with Crippen molar-refractivity contribution in [3.05, 3.63) is 35.9 Å². The first kappa shape index (κ1) is 14.8. The van der Waals surface area contributed by atoms with Gasteiger partial charge in [0.25, 0.3) is 0 Å². The fourth-order valence-electron chi connectivity index (χ4n) is 1.54. The molecule has 0 saturated carbocycles. The number of benzene rings is 1. The van der Waals surface area contributed by atoms with Crippen LogP contribution >= 0.6 is 0 Å². The number of ether oxygens (including phenoxy) is 1. The topological polar surface area (TPSA) is 35.2 Å². The van der Waals surface area contributed by atoms with Crippen LogP contribution in [0.4, 0.5) is 0 Å². The quantitative estimate of drug-likeness (QED) is 0.618. The first-order valence-corrected chi connectivity index (χ1v) is 6.48. The van der Waals surface area contributed by atoms with Gasteiger partial charge in [0, 0.05) is 13.0 Å². The van der Waals surface area contributed by atoms with Gasteiger partial charge in [-0.15, -0.1) is 0 Å². The Morgan fingerprint density at radius 2 is 1.89 bits per heavy atom. The Balaban J connectivity index is 2.01. The van der Waals surface area contributed by atoms with E-state index in [0.29, 0.717) is 6.61 Å². The van der Waals surface area contributed by atoms with Crippen molar-refractivity contribution in [1.82, 2.24) is 0 Å². The van der Waals surface area contributed by atoms with Gasteiger partial charge in [-0.3, -0.25) is 0 Å². The standard InChI is InChI=1S/C16H23NO/c1-16(2,17)12-6-7-13-18-14-8-11-15-9-4-3-5-10-15/h3-5,9-10H,7-8,11,13-14,17H2,1-2H3. The van der Waals surface area contributed by atoms with Crippen LogP contribution in [0.25, 0.3) is 0 Å². The van der Waals surface area contributed by atoms with Crippen molar-refractivity contribution in [3.8, 4) is 11.8 Å². The number of aryl methyl sites for hydroxylation is 1. The Morgan fingerprint density at radius 3 is 2.56 bits per heavy atom. The molecule has 0 spiro atoms. The van der Waals surface area contributed by atoms with Crippen LogP contribution < -0.4 is 5.73 Å². The lowest BCUT2D eigenvalue weighted by Gasteiger charge is -2.07. The van der Waals surface area contributed by atoms with Crippen molar-refractivity contribution >= 4 is 0 Å². The molecule has 98 valence electrons. The molecule has 0 heterocycles. The van der Waals surface area contributed by atoms with E-state index in [-0.39, 0.29) is 0 Å². The second-order valence-electron chi connectivity index (χ2n) is 4.97. The highest BCUT2D eigenvalue weighted by molar-refractivity contribution is 5.14. The molecule has 0 aliphatic rings. The molecule has 1 aromatic rings. The number of hydrogen-bond acceptors (Lipinski definition) is 2. The van der Waals surface area contributed by atoms with Gasteiger partial charge in [-0.1, -0.05) is 42.2 Å². The molecular weight excluding hydrogens is 222 g/mol. The molecule has 0 saturated heterocycles. The summed E-state index contributed by atoms with van der Waals surface area (Å²) in [4.78, 5) is 0. The first-order valence-electron chi connectivity index (χ1n) is 6.48. The van der Waals surface area contributed by atoms with Gasteiger partial charge in [-0.05, 0) is 32.3 Å². The summed E-state index contributed by atoms with van der Waals surface area (Å²) in [6.45, 7) is 5.29.